The third-order valence-electron chi connectivity index (χ3n) is 6.42. The number of hydrogen-bond acceptors (Lipinski definition) is 5. The Bertz CT molecular complexity index is 1140. The number of rotatable bonds is 9. The maximum absolute atomic E-state index is 14.0. The van der Waals surface area contributed by atoms with E-state index in [-0.39, 0.29) is 24.3 Å². The molecule has 3 aromatic rings. The molecule has 35 heavy (non-hydrogen) atoms. The van der Waals surface area contributed by atoms with Crippen molar-refractivity contribution in [2.75, 3.05) is 19.1 Å². The van der Waals surface area contributed by atoms with Gasteiger partial charge in [-0.3, -0.25) is 14.5 Å². The van der Waals surface area contributed by atoms with Gasteiger partial charge in [0.05, 0.1) is 20.6 Å². The molecule has 2 amide bonds. The monoisotopic (exact) mass is 492 g/mol. The quantitative estimate of drug-likeness (QED) is 0.431. The fourth-order valence-electron chi connectivity index (χ4n) is 4.66. The molecule has 0 saturated heterocycles. The second-order valence-corrected chi connectivity index (χ2v) is 9.86. The number of thiophene rings is 1. The molecule has 1 aliphatic rings. The van der Waals surface area contributed by atoms with Gasteiger partial charge in [0.1, 0.15) is 6.04 Å². The van der Waals surface area contributed by atoms with Gasteiger partial charge in [0.25, 0.3) is 0 Å². The molecule has 0 spiro atoms. The third kappa shape index (κ3) is 5.68. The number of benzene rings is 2. The van der Waals surface area contributed by atoms with Crippen molar-refractivity contribution in [3.05, 3.63) is 76.0 Å². The predicted octanol–water partition coefficient (Wildman–Crippen LogP) is 5.45. The average molecular weight is 493 g/mol. The zero-order valence-corrected chi connectivity index (χ0v) is 21.3. The minimum atomic E-state index is -0.921. The summed E-state index contributed by atoms with van der Waals surface area (Å²) >= 11 is 1.53. The van der Waals surface area contributed by atoms with Gasteiger partial charge in [-0.15, -0.1) is 11.3 Å². The summed E-state index contributed by atoms with van der Waals surface area (Å²) in [5.74, 6) is 0.581. The van der Waals surface area contributed by atoms with E-state index in [0.29, 0.717) is 22.7 Å². The van der Waals surface area contributed by atoms with Crippen LogP contribution in [-0.2, 0) is 16.0 Å². The van der Waals surface area contributed by atoms with Crippen LogP contribution in [0.5, 0.6) is 11.5 Å². The van der Waals surface area contributed by atoms with Crippen LogP contribution in [0.1, 0.15) is 47.7 Å². The van der Waals surface area contributed by atoms with Gasteiger partial charge >= 0.3 is 0 Å². The first kappa shape index (κ1) is 24.8. The molecule has 1 heterocycles. The normalized spacial score (nSPS) is 14.4. The number of para-hydroxylation sites is 1. The molecule has 6 nitrogen and oxygen atoms in total. The number of anilines is 1. The fourth-order valence-corrected chi connectivity index (χ4v) is 5.36. The second kappa shape index (κ2) is 11.4. The van der Waals surface area contributed by atoms with Gasteiger partial charge in [-0.2, -0.15) is 0 Å². The largest absolute Gasteiger partial charge is 0.493 e. The molecule has 0 radical (unpaired) electrons. The van der Waals surface area contributed by atoms with Crippen molar-refractivity contribution in [1.82, 2.24) is 5.32 Å². The Morgan fingerprint density at radius 2 is 1.77 bits per heavy atom. The van der Waals surface area contributed by atoms with Crippen LogP contribution >= 0.6 is 11.3 Å². The Morgan fingerprint density at radius 3 is 2.40 bits per heavy atom. The van der Waals surface area contributed by atoms with Gasteiger partial charge in [0.2, 0.25) is 11.8 Å². The lowest BCUT2D eigenvalue weighted by Gasteiger charge is -2.33. The van der Waals surface area contributed by atoms with E-state index in [1.54, 1.807) is 25.2 Å². The number of carbonyl (C=O) groups is 2. The maximum Gasteiger partial charge on any atom is 0.248 e. The molecule has 2 aromatic carbocycles. The number of nitrogens with one attached hydrogen (secondary N) is 1. The summed E-state index contributed by atoms with van der Waals surface area (Å²) in [5.41, 5.74) is 2.32. The van der Waals surface area contributed by atoms with Gasteiger partial charge < -0.3 is 14.8 Å². The van der Waals surface area contributed by atoms with E-state index in [0.717, 1.165) is 36.1 Å². The van der Waals surface area contributed by atoms with Gasteiger partial charge in [0.15, 0.2) is 11.5 Å². The predicted molar refractivity (Wildman–Crippen MR) is 139 cm³/mol. The summed E-state index contributed by atoms with van der Waals surface area (Å²) in [6.07, 6.45) is 4.28. The molecule has 0 unspecified atom stereocenters. The van der Waals surface area contributed by atoms with Crippen molar-refractivity contribution in [2.45, 2.75) is 51.1 Å². The van der Waals surface area contributed by atoms with Crippen molar-refractivity contribution >= 4 is 28.8 Å². The molecule has 1 aliphatic carbocycles. The Balaban J connectivity index is 1.84. The lowest BCUT2D eigenvalue weighted by Crippen LogP contribution is -2.47. The van der Waals surface area contributed by atoms with E-state index < -0.39 is 6.04 Å². The van der Waals surface area contributed by atoms with E-state index >= 15 is 0 Å². The van der Waals surface area contributed by atoms with E-state index in [4.69, 9.17) is 9.47 Å². The van der Waals surface area contributed by atoms with Crippen molar-refractivity contribution in [2.24, 2.45) is 0 Å². The zero-order valence-electron chi connectivity index (χ0n) is 20.5. The lowest BCUT2D eigenvalue weighted by atomic mass is 9.99. The number of amides is 2. The van der Waals surface area contributed by atoms with Crippen LogP contribution in [0.2, 0.25) is 0 Å². The highest BCUT2D eigenvalue weighted by atomic mass is 32.1. The number of nitrogens with zero attached hydrogens (tertiary/aromatic N) is 1. The summed E-state index contributed by atoms with van der Waals surface area (Å²) < 4.78 is 11.2. The summed E-state index contributed by atoms with van der Waals surface area (Å²) in [5, 5.41) is 5.17. The number of aryl methyl sites for hydroxylation is 1. The third-order valence-corrected chi connectivity index (χ3v) is 7.30. The first-order valence-electron chi connectivity index (χ1n) is 11.9. The Hall–Kier alpha value is -3.32. The van der Waals surface area contributed by atoms with Crippen molar-refractivity contribution in [1.29, 1.82) is 0 Å². The maximum atomic E-state index is 14.0. The zero-order chi connectivity index (χ0) is 24.8. The van der Waals surface area contributed by atoms with Gasteiger partial charge in [-0.1, -0.05) is 48.7 Å². The van der Waals surface area contributed by atoms with E-state index in [1.165, 1.54) is 11.3 Å². The van der Waals surface area contributed by atoms with Gasteiger partial charge in [-0.05, 0) is 49.4 Å². The average Bonchev–Trinajstić information content (AvgIpc) is 3.57. The molecule has 0 aliphatic heterocycles. The number of ether oxygens (including phenoxy) is 2. The molecular weight excluding hydrogens is 460 g/mol. The summed E-state index contributed by atoms with van der Waals surface area (Å²) in [7, 11) is 3.12. The molecule has 184 valence electrons. The Labute approximate surface area is 210 Å². The van der Waals surface area contributed by atoms with Crippen LogP contribution in [-0.4, -0.2) is 32.1 Å². The highest BCUT2D eigenvalue weighted by Crippen LogP contribution is 2.39. The highest BCUT2D eigenvalue weighted by Gasteiger charge is 2.36. The Morgan fingerprint density at radius 1 is 1.03 bits per heavy atom. The van der Waals surface area contributed by atoms with Crippen LogP contribution in [0.15, 0.2) is 60.0 Å². The lowest BCUT2D eigenvalue weighted by molar-refractivity contribution is -0.127. The van der Waals surface area contributed by atoms with Gasteiger partial charge in [-0.25, -0.2) is 0 Å². The minimum Gasteiger partial charge on any atom is -0.493 e. The minimum absolute atomic E-state index is 0.105. The van der Waals surface area contributed by atoms with Crippen molar-refractivity contribution in [3.63, 3.8) is 0 Å². The van der Waals surface area contributed by atoms with Crippen LogP contribution in [0, 0.1) is 6.92 Å². The smallest absolute Gasteiger partial charge is 0.248 e. The molecule has 1 N–H and O–H groups in total. The van der Waals surface area contributed by atoms with E-state index in [2.05, 4.69) is 5.32 Å². The molecular formula is C28H32N2O4S. The first-order valence-corrected chi connectivity index (χ1v) is 12.8. The van der Waals surface area contributed by atoms with Crippen LogP contribution in [0.25, 0.3) is 0 Å². The Kier molecular flexibility index (Phi) is 8.08. The SMILES string of the molecule is COc1cccc([C@@H](C(=O)NC2CCCC2)N(C(=O)Cc2cccs2)c2ccc(C)cc2)c1OC. The number of methoxy groups -OCH3 is 2. The molecule has 7 heteroatoms. The molecule has 1 fully saturated rings. The van der Waals surface area contributed by atoms with Crippen molar-refractivity contribution < 1.29 is 19.1 Å². The molecule has 1 aromatic heterocycles. The topological polar surface area (TPSA) is 67.9 Å². The first-order chi connectivity index (χ1) is 17.0. The van der Waals surface area contributed by atoms with E-state index in [1.807, 2.05) is 60.8 Å². The summed E-state index contributed by atoms with van der Waals surface area (Å²) in [6, 6.07) is 16.2. The summed E-state index contributed by atoms with van der Waals surface area (Å²) in [6.45, 7) is 2.00. The van der Waals surface area contributed by atoms with Crippen LogP contribution in [0.4, 0.5) is 5.69 Å². The number of carbonyl (C=O) groups excluding carboxylic acids is 2. The van der Waals surface area contributed by atoms with Gasteiger partial charge in [0, 0.05) is 22.2 Å². The standard InChI is InChI=1S/C28H32N2O4S/c1-19-13-15-21(16-14-19)30(25(31)18-22-10-7-17-35-22)26(28(32)29-20-8-4-5-9-20)23-11-6-12-24(33-2)27(23)34-3/h6-7,10-17,20,26H,4-5,8-9,18H2,1-3H3,(H,29,32)/t26-/m0/s1. The fraction of sp³-hybridized carbons (Fsp3) is 0.357. The summed E-state index contributed by atoms with van der Waals surface area (Å²) in [4.78, 5) is 30.4. The molecule has 4 rings (SSSR count). The van der Waals surface area contributed by atoms with E-state index in [9.17, 15) is 9.59 Å². The van der Waals surface area contributed by atoms with Crippen LogP contribution < -0.4 is 19.7 Å². The molecule has 1 atom stereocenters. The second-order valence-electron chi connectivity index (χ2n) is 8.83. The molecule has 0 bridgehead atoms. The highest BCUT2D eigenvalue weighted by molar-refractivity contribution is 7.10. The number of hydrogen-bond donors (Lipinski definition) is 1. The van der Waals surface area contributed by atoms with Crippen LogP contribution in [0.3, 0.4) is 0 Å². The molecule has 1 saturated carbocycles. The van der Waals surface area contributed by atoms with Crippen molar-refractivity contribution in [3.8, 4) is 11.5 Å².